The third-order valence-electron chi connectivity index (χ3n) is 7.95. The van der Waals surface area contributed by atoms with Crippen molar-refractivity contribution < 1.29 is 18.7 Å². The van der Waals surface area contributed by atoms with Crippen molar-refractivity contribution in [2.24, 2.45) is 23.2 Å². The Bertz CT molecular complexity index is 568. The molecule has 1 N–H and O–H groups in total. The number of halogens is 1. The summed E-state index contributed by atoms with van der Waals surface area (Å²) in [5, 5.41) is 8.98. The summed E-state index contributed by atoms with van der Waals surface area (Å²) in [6, 6.07) is 0. The molecule has 0 aromatic rings. The van der Waals surface area contributed by atoms with E-state index in [0.29, 0.717) is 5.92 Å². The highest BCUT2D eigenvalue weighted by Crippen LogP contribution is 2.59. The molecular formula is C22H39FO3Si. The summed E-state index contributed by atoms with van der Waals surface area (Å²) in [6.45, 7) is 15.8. The first kappa shape index (κ1) is 22.6. The topological polar surface area (TPSA) is 46.5 Å². The Morgan fingerprint density at radius 3 is 2.48 bits per heavy atom. The van der Waals surface area contributed by atoms with Crippen LogP contribution in [0.3, 0.4) is 0 Å². The predicted molar refractivity (Wildman–Crippen MR) is 111 cm³/mol. The van der Waals surface area contributed by atoms with Gasteiger partial charge in [0, 0.05) is 12.2 Å². The second-order valence-corrected chi connectivity index (χ2v) is 15.4. The molecule has 2 aliphatic carbocycles. The number of carboxylic acid groups (broad SMARTS) is 1. The van der Waals surface area contributed by atoms with Gasteiger partial charge in [0.15, 0.2) is 8.32 Å². The molecule has 2 rings (SSSR count). The van der Waals surface area contributed by atoms with E-state index in [2.05, 4.69) is 40.8 Å². The van der Waals surface area contributed by atoms with Crippen LogP contribution in [0.4, 0.5) is 4.39 Å². The van der Waals surface area contributed by atoms with Crippen LogP contribution in [-0.4, -0.2) is 31.7 Å². The molecule has 0 amide bonds. The third kappa shape index (κ3) is 4.67. The summed E-state index contributed by atoms with van der Waals surface area (Å²) in [6.07, 6.45) is 6.73. The van der Waals surface area contributed by atoms with Crippen LogP contribution in [-0.2, 0) is 9.22 Å². The molecule has 27 heavy (non-hydrogen) atoms. The van der Waals surface area contributed by atoms with Crippen LogP contribution in [0.2, 0.25) is 18.1 Å². The SMILES string of the molecule is C[C@@H]([C@H]1CC[C@H]2[C@@H](O[Si](C)(C)C(C)(C)C)CCC[C@]12C)[C@@H](F)/C=C/C(=O)O. The first-order chi connectivity index (χ1) is 12.3. The van der Waals surface area contributed by atoms with Gasteiger partial charge in [-0.1, -0.05) is 41.0 Å². The normalized spacial score (nSPS) is 34.4. The Hall–Kier alpha value is -0.683. The van der Waals surface area contributed by atoms with Crippen molar-refractivity contribution in [3.63, 3.8) is 0 Å². The van der Waals surface area contributed by atoms with Crippen LogP contribution < -0.4 is 0 Å². The molecule has 0 aromatic heterocycles. The fourth-order valence-electron chi connectivity index (χ4n) is 5.29. The molecule has 0 radical (unpaired) electrons. The number of fused-ring (bicyclic) bond motifs is 1. The van der Waals surface area contributed by atoms with E-state index in [1.165, 1.54) is 6.08 Å². The minimum Gasteiger partial charge on any atom is -0.478 e. The predicted octanol–water partition coefficient (Wildman–Crippen LogP) is 6.21. The molecule has 2 aliphatic rings. The second kappa shape index (κ2) is 7.98. The van der Waals surface area contributed by atoms with E-state index in [9.17, 15) is 9.18 Å². The van der Waals surface area contributed by atoms with E-state index >= 15 is 0 Å². The van der Waals surface area contributed by atoms with Crippen LogP contribution in [0.15, 0.2) is 12.2 Å². The van der Waals surface area contributed by atoms with Crippen molar-refractivity contribution in [3.8, 4) is 0 Å². The van der Waals surface area contributed by atoms with Crippen LogP contribution in [0.1, 0.15) is 66.7 Å². The third-order valence-corrected chi connectivity index (χ3v) is 12.5. The van der Waals surface area contributed by atoms with E-state index in [1.54, 1.807) is 0 Å². The molecule has 3 nitrogen and oxygen atoms in total. The van der Waals surface area contributed by atoms with Crippen molar-refractivity contribution in [2.75, 3.05) is 0 Å². The van der Waals surface area contributed by atoms with Crippen molar-refractivity contribution in [3.05, 3.63) is 12.2 Å². The highest BCUT2D eigenvalue weighted by Gasteiger charge is 2.55. The smallest absolute Gasteiger partial charge is 0.328 e. The first-order valence-corrected chi connectivity index (χ1v) is 13.4. The van der Waals surface area contributed by atoms with E-state index in [1.807, 2.05) is 6.92 Å². The number of allylic oxidation sites excluding steroid dienone is 1. The Balaban J connectivity index is 2.16. The van der Waals surface area contributed by atoms with E-state index < -0.39 is 20.5 Å². The minimum atomic E-state index is -1.83. The maximum Gasteiger partial charge on any atom is 0.328 e. The van der Waals surface area contributed by atoms with Gasteiger partial charge >= 0.3 is 5.97 Å². The van der Waals surface area contributed by atoms with Crippen LogP contribution in [0, 0.1) is 23.2 Å². The zero-order valence-corrected chi connectivity index (χ0v) is 19.2. The fraction of sp³-hybridized carbons (Fsp3) is 0.864. The monoisotopic (exact) mass is 398 g/mol. The fourth-order valence-corrected chi connectivity index (χ4v) is 6.68. The van der Waals surface area contributed by atoms with Gasteiger partial charge in [0.2, 0.25) is 0 Å². The largest absolute Gasteiger partial charge is 0.478 e. The summed E-state index contributed by atoms with van der Waals surface area (Å²) in [5.41, 5.74) is 0.0894. The number of hydrogen-bond donors (Lipinski definition) is 1. The summed E-state index contributed by atoms with van der Waals surface area (Å²) in [7, 11) is -1.83. The zero-order valence-electron chi connectivity index (χ0n) is 18.2. The average Bonchev–Trinajstić information content (AvgIpc) is 2.88. The molecule has 0 bridgehead atoms. The Kier molecular flexibility index (Phi) is 6.68. The number of carboxylic acids is 1. The number of hydrogen-bond acceptors (Lipinski definition) is 2. The standard InChI is InChI=1S/C22H39FO3Si/c1-15(18(23)12-13-20(24)25)16-10-11-17-19(9-8-14-22(16,17)5)26-27(6,7)21(2,3)4/h12-13,15-19H,8-11,14H2,1-7H3,(H,24,25)/b13-12+/t15-,16+,17-,18-,19-,22+/m0/s1. The molecule has 0 aromatic carbocycles. The molecule has 0 heterocycles. The molecule has 6 atom stereocenters. The van der Waals surface area contributed by atoms with Crippen LogP contribution in [0.5, 0.6) is 0 Å². The lowest BCUT2D eigenvalue weighted by Gasteiger charge is -2.50. The lowest BCUT2D eigenvalue weighted by molar-refractivity contribution is -0.131. The van der Waals surface area contributed by atoms with Crippen LogP contribution in [0.25, 0.3) is 0 Å². The Morgan fingerprint density at radius 1 is 1.30 bits per heavy atom. The lowest BCUT2D eigenvalue weighted by Crippen LogP contribution is -2.50. The van der Waals surface area contributed by atoms with Crippen molar-refractivity contribution in [1.82, 2.24) is 0 Å². The highest BCUT2D eigenvalue weighted by atomic mass is 28.4. The Labute approximate surface area is 165 Å². The minimum absolute atomic E-state index is 0.0894. The second-order valence-electron chi connectivity index (χ2n) is 10.6. The molecule has 0 spiro atoms. The van der Waals surface area contributed by atoms with Gasteiger partial charge in [-0.2, -0.15) is 0 Å². The van der Waals surface area contributed by atoms with Gasteiger partial charge in [-0.3, -0.25) is 0 Å². The molecule has 0 aliphatic heterocycles. The molecule has 2 fully saturated rings. The molecule has 0 saturated heterocycles. The van der Waals surface area contributed by atoms with Crippen molar-refractivity contribution in [1.29, 1.82) is 0 Å². The lowest BCUT2D eigenvalue weighted by atomic mass is 9.61. The van der Waals surface area contributed by atoms with E-state index in [4.69, 9.17) is 9.53 Å². The van der Waals surface area contributed by atoms with Gasteiger partial charge in [-0.15, -0.1) is 0 Å². The van der Waals surface area contributed by atoms with Crippen molar-refractivity contribution in [2.45, 2.75) is 97.1 Å². The van der Waals surface area contributed by atoms with Gasteiger partial charge < -0.3 is 9.53 Å². The summed E-state index contributed by atoms with van der Waals surface area (Å²) in [5.74, 6) is -0.478. The molecule has 0 unspecified atom stereocenters. The maximum atomic E-state index is 14.7. The van der Waals surface area contributed by atoms with Crippen LogP contribution >= 0.6 is 0 Å². The van der Waals surface area contributed by atoms with Gasteiger partial charge in [0.25, 0.3) is 0 Å². The van der Waals surface area contributed by atoms with Gasteiger partial charge in [0.1, 0.15) is 6.17 Å². The number of carbonyl (C=O) groups is 1. The van der Waals surface area contributed by atoms with Crippen molar-refractivity contribution >= 4 is 14.3 Å². The molecule has 2 saturated carbocycles. The zero-order chi connectivity index (χ0) is 20.6. The van der Waals surface area contributed by atoms with Gasteiger partial charge in [-0.05, 0) is 73.1 Å². The summed E-state index contributed by atoms with van der Waals surface area (Å²) >= 11 is 0. The van der Waals surface area contributed by atoms with E-state index in [-0.39, 0.29) is 28.4 Å². The maximum absolute atomic E-state index is 14.7. The van der Waals surface area contributed by atoms with Gasteiger partial charge in [0.05, 0.1) is 0 Å². The van der Waals surface area contributed by atoms with Gasteiger partial charge in [-0.25, -0.2) is 9.18 Å². The number of aliphatic carboxylic acids is 1. The number of alkyl halides is 1. The Morgan fingerprint density at radius 2 is 1.93 bits per heavy atom. The summed E-state index contributed by atoms with van der Waals surface area (Å²) in [4.78, 5) is 10.7. The number of rotatable bonds is 6. The molecule has 156 valence electrons. The molecule has 5 heteroatoms. The first-order valence-electron chi connectivity index (χ1n) is 10.5. The van der Waals surface area contributed by atoms with E-state index in [0.717, 1.165) is 38.2 Å². The molecular weight excluding hydrogens is 359 g/mol. The summed E-state index contributed by atoms with van der Waals surface area (Å²) < 4.78 is 21.5. The average molecular weight is 399 g/mol. The quantitative estimate of drug-likeness (QED) is 0.427. The highest BCUT2D eigenvalue weighted by molar-refractivity contribution is 6.74.